The van der Waals surface area contributed by atoms with Gasteiger partial charge in [0.25, 0.3) is 0 Å². The summed E-state index contributed by atoms with van der Waals surface area (Å²) in [5, 5.41) is 12.3. The van der Waals surface area contributed by atoms with Gasteiger partial charge >= 0.3 is 0 Å². The average Bonchev–Trinajstić information content (AvgIpc) is 3.63. The molecule has 1 aromatic heterocycles. The van der Waals surface area contributed by atoms with Crippen molar-refractivity contribution < 1.29 is 4.42 Å². The van der Waals surface area contributed by atoms with Crippen LogP contribution < -0.4 is 4.90 Å². The first kappa shape index (κ1) is 30.5. The van der Waals surface area contributed by atoms with Gasteiger partial charge in [-0.2, -0.15) is 0 Å². The van der Waals surface area contributed by atoms with Crippen LogP contribution in [0.2, 0.25) is 0 Å². The second-order valence-electron chi connectivity index (χ2n) is 14.1. The largest absolute Gasteiger partial charge is 0.456 e. The Bertz CT molecular complexity index is 3160. The molecule has 0 unspecified atom stereocenters. The molecule has 0 aliphatic rings. The van der Waals surface area contributed by atoms with Crippen molar-refractivity contribution in [3.05, 3.63) is 200 Å². The van der Waals surface area contributed by atoms with Crippen LogP contribution in [-0.2, 0) is 0 Å². The number of benzene rings is 10. The van der Waals surface area contributed by atoms with Crippen molar-refractivity contribution in [2.75, 3.05) is 4.90 Å². The summed E-state index contributed by atoms with van der Waals surface area (Å²) in [5.41, 5.74) is 9.99. The van der Waals surface area contributed by atoms with Gasteiger partial charge in [0.15, 0.2) is 0 Å². The third-order valence-electron chi connectivity index (χ3n) is 11.0. The summed E-state index contributed by atoms with van der Waals surface area (Å²) >= 11 is 0. The first-order valence-corrected chi connectivity index (χ1v) is 18.5. The quantitative estimate of drug-likeness (QED) is 0.168. The van der Waals surface area contributed by atoms with Gasteiger partial charge in [-0.1, -0.05) is 140 Å². The molecule has 0 aliphatic heterocycles. The summed E-state index contributed by atoms with van der Waals surface area (Å²) in [6.07, 6.45) is 0. The molecule has 11 aromatic rings. The van der Waals surface area contributed by atoms with Gasteiger partial charge in [0.2, 0.25) is 0 Å². The molecule has 0 bridgehead atoms. The molecular weight excluding hydrogens is 655 g/mol. The lowest BCUT2D eigenvalue weighted by Crippen LogP contribution is -2.09. The molecule has 54 heavy (non-hydrogen) atoms. The van der Waals surface area contributed by atoms with Crippen LogP contribution in [0.1, 0.15) is 0 Å². The van der Waals surface area contributed by atoms with E-state index in [-0.39, 0.29) is 0 Å². The topological polar surface area (TPSA) is 16.4 Å². The van der Waals surface area contributed by atoms with Crippen LogP contribution in [0.4, 0.5) is 17.1 Å². The van der Waals surface area contributed by atoms with Gasteiger partial charge in [-0.15, -0.1) is 0 Å². The summed E-state index contributed by atoms with van der Waals surface area (Å²) < 4.78 is 6.34. The highest BCUT2D eigenvalue weighted by atomic mass is 16.3. The minimum absolute atomic E-state index is 0.920. The first-order valence-electron chi connectivity index (χ1n) is 18.5. The molecule has 0 fully saturated rings. The molecule has 2 heteroatoms. The van der Waals surface area contributed by atoms with Gasteiger partial charge in [0, 0.05) is 33.2 Å². The molecule has 1 heterocycles. The van der Waals surface area contributed by atoms with Crippen LogP contribution in [-0.4, -0.2) is 0 Å². The maximum absolute atomic E-state index is 6.34. The molecule has 0 atom stereocenters. The van der Waals surface area contributed by atoms with Gasteiger partial charge in [-0.3, -0.25) is 0 Å². The van der Waals surface area contributed by atoms with E-state index in [1.54, 1.807) is 0 Å². The number of hydrogen-bond donors (Lipinski definition) is 0. The molecule has 0 spiro atoms. The summed E-state index contributed by atoms with van der Waals surface area (Å²) in [5.74, 6) is 0. The maximum Gasteiger partial charge on any atom is 0.136 e. The van der Waals surface area contributed by atoms with Crippen molar-refractivity contribution in [2.45, 2.75) is 0 Å². The summed E-state index contributed by atoms with van der Waals surface area (Å²) in [6.45, 7) is 0. The second-order valence-corrected chi connectivity index (χ2v) is 14.1. The van der Waals surface area contributed by atoms with Crippen LogP contribution >= 0.6 is 0 Å². The van der Waals surface area contributed by atoms with E-state index < -0.39 is 0 Å². The van der Waals surface area contributed by atoms with E-state index >= 15 is 0 Å². The highest BCUT2D eigenvalue weighted by Crippen LogP contribution is 2.45. The molecule has 0 amide bonds. The standard InChI is InChI=1S/C52H33NO/c1-2-13-39(14-3-1)53(40-27-23-35(24-28-40)38-22-21-34-11-4-5-12-37(34)33-38)41-29-25-36(26-30-41)42-18-10-19-44-46-31-32-49-52(47-17-8-9-20-48(47)54-49)51(46)45-16-7-6-15-43(45)50(42)44/h1-33H. The van der Waals surface area contributed by atoms with E-state index in [1.807, 2.05) is 6.07 Å². The Morgan fingerprint density at radius 3 is 1.61 bits per heavy atom. The Morgan fingerprint density at radius 1 is 0.296 bits per heavy atom. The Labute approximate surface area is 312 Å². The van der Waals surface area contributed by atoms with E-state index in [2.05, 4.69) is 199 Å². The van der Waals surface area contributed by atoms with E-state index in [0.29, 0.717) is 0 Å². The van der Waals surface area contributed by atoms with Crippen molar-refractivity contribution in [2.24, 2.45) is 0 Å². The van der Waals surface area contributed by atoms with E-state index in [4.69, 9.17) is 4.42 Å². The summed E-state index contributed by atoms with van der Waals surface area (Å²) in [7, 11) is 0. The number of para-hydroxylation sites is 2. The van der Waals surface area contributed by atoms with Crippen LogP contribution in [0.15, 0.2) is 205 Å². The van der Waals surface area contributed by atoms with Crippen LogP contribution in [0.3, 0.4) is 0 Å². The minimum Gasteiger partial charge on any atom is -0.456 e. The molecular formula is C52H33NO. The van der Waals surface area contributed by atoms with Crippen LogP contribution in [0.25, 0.3) is 87.3 Å². The second kappa shape index (κ2) is 12.2. The number of rotatable bonds is 5. The molecule has 0 saturated heterocycles. The zero-order chi connectivity index (χ0) is 35.6. The van der Waals surface area contributed by atoms with Gasteiger partial charge in [-0.05, 0) is 121 Å². The van der Waals surface area contributed by atoms with Gasteiger partial charge in [-0.25, -0.2) is 0 Å². The van der Waals surface area contributed by atoms with E-state index in [9.17, 15) is 0 Å². The third kappa shape index (κ3) is 4.81. The molecule has 0 radical (unpaired) electrons. The highest BCUT2D eigenvalue weighted by Gasteiger charge is 2.19. The number of anilines is 3. The predicted octanol–water partition coefficient (Wildman–Crippen LogP) is 15.0. The van der Waals surface area contributed by atoms with Crippen molar-refractivity contribution in [1.29, 1.82) is 0 Å². The molecule has 11 rings (SSSR count). The third-order valence-corrected chi connectivity index (χ3v) is 11.0. The zero-order valence-corrected chi connectivity index (χ0v) is 29.4. The van der Waals surface area contributed by atoms with Crippen LogP contribution in [0.5, 0.6) is 0 Å². The molecule has 0 aliphatic carbocycles. The fraction of sp³-hybridized carbons (Fsp3) is 0. The van der Waals surface area contributed by atoms with Crippen molar-refractivity contribution in [3.8, 4) is 22.3 Å². The normalized spacial score (nSPS) is 11.7. The lowest BCUT2D eigenvalue weighted by atomic mass is 9.88. The zero-order valence-electron chi connectivity index (χ0n) is 29.4. The predicted molar refractivity (Wildman–Crippen MR) is 229 cm³/mol. The molecule has 0 saturated carbocycles. The fourth-order valence-corrected chi connectivity index (χ4v) is 8.53. The van der Waals surface area contributed by atoms with Gasteiger partial charge in [0.05, 0.1) is 0 Å². The number of furan rings is 1. The van der Waals surface area contributed by atoms with Crippen LogP contribution in [0, 0.1) is 0 Å². The Morgan fingerprint density at radius 2 is 0.852 bits per heavy atom. The molecule has 2 nitrogen and oxygen atoms in total. The lowest BCUT2D eigenvalue weighted by molar-refractivity contribution is 0.669. The van der Waals surface area contributed by atoms with Gasteiger partial charge < -0.3 is 9.32 Å². The smallest absolute Gasteiger partial charge is 0.136 e. The van der Waals surface area contributed by atoms with Crippen molar-refractivity contribution >= 4 is 82.1 Å². The molecule has 10 aromatic carbocycles. The molecule has 0 N–H and O–H groups in total. The maximum atomic E-state index is 6.34. The first-order chi connectivity index (χ1) is 26.8. The summed E-state index contributed by atoms with van der Waals surface area (Å²) in [6, 6.07) is 72.2. The Hall–Kier alpha value is -7.16. The lowest BCUT2D eigenvalue weighted by Gasteiger charge is -2.26. The van der Waals surface area contributed by atoms with Crippen molar-refractivity contribution in [3.63, 3.8) is 0 Å². The SMILES string of the molecule is c1ccc(N(c2ccc(-c3ccc4ccccc4c3)cc2)c2ccc(-c3cccc4c5ccc6oc7ccccc7c6c5c5ccccc5c34)cc2)cc1. The monoisotopic (exact) mass is 687 g/mol. The van der Waals surface area contributed by atoms with E-state index in [1.165, 1.54) is 70.7 Å². The number of fused-ring (bicyclic) bond motifs is 11. The Kier molecular flexibility index (Phi) is 6.90. The highest BCUT2D eigenvalue weighted by molar-refractivity contribution is 6.36. The Balaban J connectivity index is 1.04. The van der Waals surface area contributed by atoms with Gasteiger partial charge in [0.1, 0.15) is 11.2 Å². The number of hydrogen-bond acceptors (Lipinski definition) is 2. The van der Waals surface area contributed by atoms with Crippen molar-refractivity contribution in [1.82, 2.24) is 0 Å². The fourth-order valence-electron chi connectivity index (χ4n) is 8.53. The number of nitrogens with zero attached hydrogens (tertiary/aromatic N) is 1. The molecule has 252 valence electrons. The average molecular weight is 688 g/mol. The summed E-state index contributed by atoms with van der Waals surface area (Å²) in [4.78, 5) is 2.33. The minimum atomic E-state index is 0.920. The van der Waals surface area contributed by atoms with E-state index in [0.717, 1.165) is 33.6 Å².